The van der Waals surface area contributed by atoms with Gasteiger partial charge in [-0.1, -0.05) is 30.3 Å². The van der Waals surface area contributed by atoms with Crippen molar-refractivity contribution < 1.29 is 4.92 Å². The minimum absolute atomic E-state index is 0.0880. The number of nitrogens with one attached hydrogen (secondary N) is 1. The molecule has 3 rings (SSSR count). The lowest BCUT2D eigenvalue weighted by atomic mass is 10.1. The van der Waals surface area contributed by atoms with Gasteiger partial charge in [0.25, 0.3) is 0 Å². The fourth-order valence-corrected chi connectivity index (χ4v) is 2.49. The van der Waals surface area contributed by atoms with Gasteiger partial charge in [-0.3, -0.25) is 10.1 Å². The summed E-state index contributed by atoms with van der Waals surface area (Å²) in [6, 6.07) is 10.3. The summed E-state index contributed by atoms with van der Waals surface area (Å²) in [7, 11) is 0. The van der Waals surface area contributed by atoms with E-state index in [1.165, 1.54) is 11.8 Å². The number of aryl methyl sites for hydroxylation is 3. The average Bonchev–Trinajstić information content (AvgIpc) is 3.06. The zero-order valence-corrected chi connectivity index (χ0v) is 13.8. The van der Waals surface area contributed by atoms with Crippen LogP contribution in [-0.4, -0.2) is 24.4 Å². The van der Waals surface area contributed by atoms with Gasteiger partial charge in [-0.25, -0.2) is 15.0 Å². The molecule has 2 aromatic heterocycles. The van der Waals surface area contributed by atoms with E-state index in [2.05, 4.69) is 37.0 Å². The Morgan fingerprint density at radius 3 is 2.76 bits per heavy atom. The summed E-state index contributed by atoms with van der Waals surface area (Å²) in [5.74, 6) is 1.20. The number of benzene rings is 1. The van der Waals surface area contributed by atoms with Gasteiger partial charge in [0.1, 0.15) is 17.7 Å². The van der Waals surface area contributed by atoms with E-state index in [0.717, 1.165) is 18.8 Å². The van der Waals surface area contributed by atoms with Gasteiger partial charge in [0, 0.05) is 18.9 Å². The Bertz CT molecular complexity index is 863. The van der Waals surface area contributed by atoms with Crippen molar-refractivity contribution >= 4 is 11.6 Å². The predicted molar refractivity (Wildman–Crippen MR) is 93.1 cm³/mol. The number of hydrogen-bond donors (Lipinski definition) is 1. The first-order valence-electron chi connectivity index (χ1n) is 7.89. The Balaban J connectivity index is 1.62. The van der Waals surface area contributed by atoms with E-state index < -0.39 is 4.92 Å². The van der Waals surface area contributed by atoms with Gasteiger partial charge in [-0.2, -0.15) is 0 Å². The lowest BCUT2D eigenvalue weighted by Crippen LogP contribution is -2.12. The summed E-state index contributed by atoms with van der Waals surface area (Å²) in [6.07, 6.45) is 5.82. The van der Waals surface area contributed by atoms with Crippen molar-refractivity contribution in [2.45, 2.75) is 26.4 Å². The van der Waals surface area contributed by atoms with Crippen LogP contribution in [0.15, 0.2) is 48.9 Å². The summed E-state index contributed by atoms with van der Waals surface area (Å²) >= 11 is 0. The van der Waals surface area contributed by atoms with E-state index in [0.29, 0.717) is 18.2 Å². The van der Waals surface area contributed by atoms with Crippen LogP contribution in [0.25, 0.3) is 0 Å². The SMILES string of the molecule is Cc1nc(NCc2nccn2CCc2ccccc2)ncc1[N+](=O)[O-]. The van der Waals surface area contributed by atoms with Crippen LogP contribution in [0.1, 0.15) is 17.1 Å². The highest BCUT2D eigenvalue weighted by molar-refractivity contribution is 5.37. The van der Waals surface area contributed by atoms with Crippen LogP contribution in [-0.2, 0) is 19.5 Å². The van der Waals surface area contributed by atoms with Gasteiger partial charge in [-0.15, -0.1) is 0 Å². The maximum Gasteiger partial charge on any atom is 0.308 e. The first-order valence-corrected chi connectivity index (χ1v) is 7.89. The van der Waals surface area contributed by atoms with Crippen LogP contribution in [0.3, 0.4) is 0 Å². The molecule has 0 spiro atoms. The van der Waals surface area contributed by atoms with Crippen molar-refractivity contribution in [1.29, 1.82) is 0 Å². The molecule has 1 N–H and O–H groups in total. The molecule has 0 bridgehead atoms. The van der Waals surface area contributed by atoms with Gasteiger partial charge in [0.05, 0.1) is 11.5 Å². The molecule has 8 heteroatoms. The van der Waals surface area contributed by atoms with Crippen LogP contribution in [0.2, 0.25) is 0 Å². The molecule has 0 radical (unpaired) electrons. The van der Waals surface area contributed by atoms with E-state index in [-0.39, 0.29) is 5.69 Å². The van der Waals surface area contributed by atoms with Crippen LogP contribution < -0.4 is 5.32 Å². The molecule has 128 valence electrons. The van der Waals surface area contributed by atoms with Gasteiger partial charge in [-0.05, 0) is 18.9 Å². The highest BCUT2D eigenvalue weighted by Gasteiger charge is 2.13. The Morgan fingerprint density at radius 1 is 1.24 bits per heavy atom. The number of aromatic nitrogens is 4. The second-order valence-corrected chi connectivity index (χ2v) is 5.55. The standard InChI is InChI=1S/C17H18N6O2/c1-13-15(23(24)25)11-19-17(21-13)20-12-16-18-8-10-22(16)9-7-14-5-3-2-4-6-14/h2-6,8,10-11H,7,9,12H2,1H3,(H,19,20,21). The molecule has 3 aromatic rings. The number of rotatable bonds is 7. The zero-order chi connectivity index (χ0) is 17.6. The van der Waals surface area contributed by atoms with E-state index in [4.69, 9.17) is 0 Å². The highest BCUT2D eigenvalue weighted by Crippen LogP contribution is 2.15. The maximum atomic E-state index is 10.8. The first kappa shape index (κ1) is 16.6. The highest BCUT2D eigenvalue weighted by atomic mass is 16.6. The molecule has 1 aromatic carbocycles. The smallest absolute Gasteiger partial charge is 0.308 e. The molecule has 0 saturated carbocycles. The molecule has 0 aliphatic heterocycles. The van der Waals surface area contributed by atoms with Crippen molar-refractivity contribution in [2.24, 2.45) is 0 Å². The molecule has 25 heavy (non-hydrogen) atoms. The largest absolute Gasteiger partial charge is 0.347 e. The van der Waals surface area contributed by atoms with Crippen LogP contribution in [0.4, 0.5) is 11.6 Å². The van der Waals surface area contributed by atoms with Crippen molar-refractivity contribution in [1.82, 2.24) is 19.5 Å². The molecule has 8 nitrogen and oxygen atoms in total. The third-order valence-corrected chi connectivity index (χ3v) is 3.84. The fourth-order valence-electron chi connectivity index (χ4n) is 2.49. The summed E-state index contributed by atoms with van der Waals surface area (Å²) in [4.78, 5) is 22.8. The molecule has 2 heterocycles. The number of anilines is 1. The summed E-state index contributed by atoms with van der Waals surface area (Å²) in [5, 5.41) is 13.9. The Labute approximate surface area is 144 Å². The van der Waals surface area contributed by atoms with E-state index in [9.17, 15) is 10.1 Å². The monoisotopic (exact) mass is 338 g/mol. The lowest BCUT2D eigenvalue weighted by molar-refractivity contribution is -0.386. The summed E-state index contributed by atoms with van der Waals surface area (Å²) in [5.41, 5.74) is 1.51. The molecule has 0 fully saturated rings. The average molecular weight is 338 g/mol. The third kappa shape index (κ3) is 4.17. The molecule has 0 unspecified atom stereocenters. The van der Waals surface area contributed by atoms with Crippen LogP contribution in [0.5, 0.6) is 0 Å². The zero-order valence-electron chi connectivity index (χ0n) is 13.8. The minimum atomic E-state index is -0.491. The summed E-state index contributed by atoms with van der Waals surface area (Å²) < 4.78 is 2.07. The topological polar surface area (TPSA) is 98.8 Å². The number of hydrogen-bond acceptors (Lipinski definition) is 6. The molecular formula is C17H18N6O2. The second kappa shape index (κ2) is 7.52. The van der Waals surface area contributed by atoms with E-state index in [1.807, 2.05) is 24.4 Å². The molecule has 0 aliphatic rings. The summed E-state index contributed by atoms with van der Waals surface area (Å²) in [6.45, 7) is 2.85. The minimum Gasteiger partial charge on any atom is -0.347 e. The number of nitrogens with zero attached hydrogens (tertiary/aromatic N) is 5. The lowest BCUT2D eigenvalue weighted by Gasteiger charge is -2.09. The van der Waals surface area contributed by atoms with Gasteiger partial charge in [0.2, 0.25) is 5.95 Å². The Morgan fingerprint density at radius 2 is 2.04 bits per heavy atom. The third-order valence-electron chi connectivity index (χ3n) is 3.84. The van der Waals surface area contributed by atoms with Crippen molar-refractivity contribution in [3.8, 4) is 0 Å². The van der Waals surface area contributed by atoms with E-state index >= 15 is 0 Å². The van der Waals surface area contributed by atoms with Crippen molar-refractivity contribution in [3.05, 3.63) is 76.1 Å². The number of nitro groups is 1. The second-order valence-electron chi connectivity index (χ2n) is 5.55. The van der Waals surface area contributed by atoms with Crippen molar-refractivity contribution in [2.75, 3.05) is 5.32 Å². The molecule has 0 atom stereocenters. The first-order chi connectivity index (χ1) is 12.1. The fraction of sp³-hybridized carbons (Fsp3) is 0.235. The van der Waals surface area contributed by atoms with Crippen molar-refractivity contribution in [3.63, 3.8) is 0 Å². The van der Waals surface area contributed by atoms with Gasteiger partial charge < -0.3 is 9.88 Å². The van der Waals surface area contributed by atoms with Gasteiger partial charge >= 0.3 is 5.69 Å². The maximum absolute atomic E-state index is 10.8. The Kier molecular flexibility index (Phi) is 4.98. The normalized spacial score (nSPS) is 10.6. The molecule has 0 amide bonds. The molecular weight excluding hydrogens is 320 g/mol. The molecule has 0 saturated heterocycles. The van der Waals surface area contributed by atoms with E-state index in [1.54, 1.807) is 13.1 Å². The number of imidazole rings is 1. The predicted octanol–water partition coefficient (Wildman–Crippen LogP) is 2.74. The van der Waals surface area contributed by atoms with Gasteiger partial charge in [0.15, 0.2) is 0 Å². The molecule has 0 aliphatic carbocycles. The van der Waals surface area contributed by atoms with Crippen LogP contribution in [0, 0.1) is 17.0 Å². The Hall–Kier alpha value is -3.29. The van der Waals surface area contributed by atoms with Crippen LogP contribution >= 0.6 is 0 Å². The quantitative estimate of drug-likeness (QED) is 0.525.